The standard InChI is InChI=1S/C18H21F2N5OS/c1-3-23-6-8-24(9-7-23)15(12-4-5-13(19)14(20)10-12)16-17(26)25-18(27-16)21-11(2)22-25/h4-5,10,15-16H,3,6-9H2,1-2H3. The molecule has 0 bridgehead atoms. The Kier molecular flexibility index (Phi) is 5.00. The zero-order chi connectivity index (χ0) is 19.1. The van der Waals surface area contributed by atoms with Crippen LogP contribution in [-0.2, 0) is 0 Å². The quantitative estimate of drug-likeness (QED) is 0.795. The summed E-state index contributed by atoms with van der Waals surface area (Å²) < 4.78 is 28.7. The number of benzene rings is 1. The summed E-state index contributed by atoms with van der Waals surface area (Å²) in [4.78, 5) is 21.8. The van der Waals surface area contributed by atoms with Crippen molar-refractivity contribution < 1.29 is 13.6 Å². The highest BCUT2D eigenvalue weighted by Crippen LogP contribution is 2.41. The molecule has 2 unspecified atom stereocenters. The minimum absolute atomic E-state index is 0.164. The van der Waals surface area contributed by atoms with Crippen molar-refractivity contribution in [2.24, 2.45) is 0 Å². The summed E-state index contributed by atoms with van der Waals surface area (Å²) in [6.45, 7) is 8.11. The van der Waals surface area contributed by atoms with Gasteiger partial charge in [-0.05, 0) is 31.2 Å². The number of nitrogens with zero attached hydrogens (tertiary/aromatic N) is 5. The van der Waals surface area contributed by atoms with Crippen LogP contribution in [0.15, 0.2) is 23.4 Å². The van der Waals surface area contributed by atoms with Gasteiger partial charge in [-0.3, -0.25) is 9.69 Å². The third-order valence-electron chi connectivity index (χ3n) is 5.19. The first kappa shape index (κ1) is 18.5. The second-order valence-electron chi connectivity index (χ2n) is 6.82. The van der Waals surface area contributed by atoms with E-state index in [1.807, 2.05) is 0 Å². The molecule has 2 aliphatic rings. The lowest BCUT2D eigenvalue weighted by molar-refractivity contribution is 0.0738. The number of aromatic nitrogens is 3. The molecule has 27 heavy (non-hydrogen) atoms. The number of thioether (sulfide) groups is 1. The van der Waals surface area contributed by atoms with Gasteiger partial charge in [0.05, 0.1) is 6.04 Å². The van der Waals surface area contributed by atoms with E-state index in [0.29, 0.717) is 16.5 Å². The zero-order valence-electron chi connectivity index (χ0n) is 15.2. The molecular weight excluding hydrogens is 372 g/mol. The Morgan fingerprint density at radius 3 is 2.59 bits per heavy atom. The van der Waals surface area contributed by atoms with Crippen molar-refractivity contribution >= 4 is 17.7 Å². The van der Waals surface area contributed by atoms with Gasteiger partial charge >= 0.3 is 0 Å². The number of carbonyl (C=O) groups excluding carboxylic acids is 1. The number of rotatable bonds is 4. The van der Waals surface area contributed by atoms with E-state index in [1.54, 1.807) is 13.0 Å². The molecule has 3 heterocycles. The van der Waals surface area contributed by atoms with Crippen molar-refractivity contribution in [2.45, 2.75) is 30.3 Å². The number of likely N-dealkylation sites (N-methyl/N-ethyl adjacent to an activating group) is 1. The topological polar surface area (TPSA) is 54.3 Å². The van der Waals surface area contributed by atoms with E-state index in [9.17, 15) is 13.6 Å². The van der Waals surface area contributed by atoms with Crippen LogP contribution in [0.25, 0.3) is 0 Å². The monoisotopic (exact) mass is 393 g/mol. The Morgan fingerprint density at radius 1 is 1.22 bits per heavy atom. The van der Waals surface area contributed by atoms with Crippen molar-refractivity contribution in [2.75, 3.05) is 32.7 Å². The predicted molar refractivity (Wildman–Crippen MR) is 97.8 cm³/mol. The number of carbonyl (C=O) groups is 1. The number of piperazine rings is 1. The number of halogens is 2. The molecule has 2 aromatic rings. The molecule has 2 atom stereocenters. The molecule has 144 valence electrons. The Balaban J connectivity index is 1.67. The van der Waals surface area contributed by atoms with Crippen molar-refractivity contribution in [1.82, 2.24) is 24.6 Å². The molecule has 6 nitrogen and oxygen atoms in total. The summed E-state index contributed by atoms with van der Waals surface area (Å²) in [6, 6.07) is 3.55. The highest BCUT2D eigenvalue weighted by molar-refractivity contribution is 8.00. The average molecular weight is 393 g/mol. The molecule has 1 fully saturated rings. The lowest BCUT2D eigenvalue weighted by atomic mass is 9.99. The molecule has 0 N–H and O–H groups in total. The van der Waals surface area contributed by atoms with Gasteiger partial charge in [-0.2, -0.15) is 4.68 Å². The molecule has 0 spiro atoms. The van der Waals surface area contributed by atoms with Crippen molar-refractivity contribution in [3.8, 4) is 0 Å². The van der Waals surface area contributed by atoms with Gasteiger partial charge in [0.25, 0.3) is 5.91 Å². The number of fused-ring (bicyclic) bond motifs is 1. The number of hydrogen-bond acceptors (Lipinski definition) is 6. The van der Waals surface area contributed by atoms with Crippen molar-refractivity contribution in [1.29, 1.82) is 0 Å². The number of aryl methyl sites for hydroxylation is 1. The average Bonchev–Trinajstić information content (AvgIpc) is 3.16. The summed E-state index contributed by atoms with van der Waals surface area (Å²) in [5, 5.41) is 4.25. The molecule has 0 radical (unpaired) electrons. The van der Waals surface area contributed by atoms with Crippen LogP contribution in [0.2, 0.25) is 0 Å². The van der Waals surface area contributed by atoms with Crippen LogP contribution in [0.5, 0.6) is 0 Å². The van der Waals surface area contributed by atoms with Gasteiger partial charge in [0, 0.05) is 26.2 Å². The third-order valence-corrected chi connectivity index (χ3v) is 6.38. The SMILES string of the molecule is CCN1CCN(C(c2ccc(F)c(F)c2)C2Sc3nc(C)nn3C2=O)CC1. The van der Waals surface area contributed by atoms with E-state index >= 15 is 0 Å². The summed E-state index contributed by atoms with van der Waals surface area (Å²) >= 11 is 1.35. The predicted octanol–water partition coefficient (Wildman–Crippen LogP) is 2.36. The van der Waals surface area contributed by atoms with Crippen LogP contribution in [0.4, 0.5) is 8.78 Å². The second-order valence-corrected chi connectivity index (χ2v) is 7.93. The molecule has 2 aliphatic heterocycles. The highest BCUT2D eigenvalue weighted by atomic mass is 32.2. The van der Waals surface area contributed by atoms with Gasteiger partial charge in [-0.1, -0.05) is 24.8 Å². The molecule has 9 heteroatoms. The molecule has 1 aromatic carbocycles. The minimum atomic E-state index is -0.896. The van der Waals surface area contributed by atoms with E-state index in [-0.39, 0.29) is 11.9 Å². The molecule has 1 saturated heterocycles. The van der Waals surface area contributed by atoms with Gasteiger partial charge in [0.2, 0.25) is 0 Å². The fourth-order valence-electron chi connectivity index (χ4n) is 3.73. The second kappa shape index (κ2) is 7.29. The van der Waals surface area contributed by atoms with Crippen LogP contribution in [0.3, 0.4) is 0 Å². The maximum atomic E-state index is 13.9. The molecule has 0 amide bonds. The van der Waals surface area contributed by atoms with Crippen LogP contribution < -0.4 is 0 Å². The first-order valence-corrected chi connectivity index (χ1v) is 9.91. The van der Waals surface area contributed by atoms with Crippen LogP contribution >= 0.6 is 11.8 Å². The van der Waals surface area contributed by atoms with E-state index < -0.39 is 16.9 Å². The zero-order valence-corrected chi connectivity index (χ0v) is 16.0. The molecular formula is C18H21F2N5OS. The fraction of sp³-hybridized carbons (Fsp3) is 0.500. The number of hydrogen-bond donors (Lipinski definition) is 0. The highest BCUT2D eigenvalue weighted by Gasteiger charge is 2.43. The third kappa shape index (κ3) is 3.39. The van der Waals surface area contributed by atoms with Crippen molar-refractivity contribution in [3.05, 3.63) is 41.2 Å². The van der Waals surface area contributed by atoms with E-state index in [0.717, 1.165) is 38.8 Å². The summed E-state index contributed by atoms with van der Waals surface area (Å²) in [5.41, 5.74) is 0.604. The van der Waals surface area contributed by atoms with Gasteiger partial charge in [0.15, 0.2) is 16.8 Å². The Morgan fingerprint density at radius 2 is 1.96 bits per heavy atom. The molecule has 0 saturated carbocycles. The Bertz CT molecular complexity index is 865. The maximum Gasteiger partial charge on any atom is 0.264 e. The first-order valence-electron chi connectivity index (χ1n) is 9.04. The van der Waals surface area contributed by atoms with E-state index in [1.165, 1.54) is 22.5 Å². The molecule has 1 aromatic heterocycles. The normalized spacial score (nSPS) is 22.2. The molecule has 0 aliphatic carbocycles. The minimum Gasteiger partial charge on any atom is -0.301 e. The fourth-order valence-corrected chi connectivity index (χ4v) is 5.03. The van der Waals surface area contributed by atoms with Gasteiger partial charge in [-0.25, -0.2) is 13.8 Å². The largest absolute Gasteiger partial charge is 0.301 e. The first-order chi connectivity index (χ1) is 13.0. The van der Waals surface area contributed by atoms with E-state index in [2.05, 4.69) is 26.8 Å². The van der Waals surface area contributed by atoms with Crippen LogP contribution in [-0.4, -0.2) is 68.4 Å². The lowest BCUT2D eigenvalue weighted by Crippen LogP contribution is -2.50. The van der Waals surface area contributed by atoms with Gasteiger partial charge in [-0.15, -0.1) is 5.10 Å². The summed E-state index contributed by atoms with van der Waals surface area (Å²) in [7, 11) is 0. The molecule has 4 rings (SSSR count). The summed E-state index contributed by atoms with van der Waals surface area (Å²) in [6.07, 6.45) is 0. The van der Waals surface area contributed by atoms with Gasteiger partial charge < -0.3 is 4.90 Å². The van der Waals surface area contributed by atoms with Crippen LogP contribution in [0.1, 0.15) is 29.1 Å². The smallest absolute Gasteiger partial charge is 0.264 e. The Hall–Kier alpha value is -1.84. The van der Waals surface area contributed by atoms with Gasteiger partial charge in [0.1, 0.15) is 11.1 Å². The lowest BCUT2D eigenvalue weighted by Gasteiger charge is -2.40. The maximum absolute atomic E-state index is 13.9. The summed E-state index contributed by atoms with van der Waals surface area (Å²) in [5.74, 6) is -1.40. The van der Waals surface area contributed by atoms with Crippen LogP contribution in [0, 0.1) is 18.6 Å². The van der Waals surface area contributed by atoms with E-state index in [4.69, 9.17) is 0 Å². The Labute approximate surface area is 160 Å². The van der Waals surface area contributed by atoms with Crippen molar-refractivity contribution in [3.63, 3.8) is 0 Å².